The highest BCUT2D eigenvalue weighted by Gasteiger charge is 2.70. The minimum Gasteiger partial charge on any atom is -0.393 e. The Bertz CT molecular complexity index is 437. The first-order valence-corrected chi connectivity index (χ1v) is 5.58. The second-order valence-electron chi connectivity index (χ2n) is 4.61. The number of carbonyl (C=O) groups is 2. The molecule has 3 fully saturated rings. The van der Waals surface area contributed by atoms with Crippen molar-refractivity contribution in [3.8, 4) is 0 Å². The number of esters is 2. The van der Waals surface area contributed by atoms with Gasteiger partial charge in [-0.1, -0.05) is 6.08 Å². The van der Waals surface area contributed by atoms with E-state index in [1.165, 1.54) is 0 Å². The number of hydrogen-bond acceptors (Lipinski definition) is 6. The minimum atomic E-state index is -0.977. The Balaban J connectivity index is 1.79. The van der Waals surface area contributed by atoms with Crippen LogP contribution < -0.4 is 0 Å². The number of ether oxygens (including phenoxy) is 4. The molecule has 0 aromatic carbocycles. The Hall–Kier alpha value is -1.24. The van der Waals surface area contributed by atoms with Crippen molar-refractivity contribution in [2.45, 2.75) is 18.0 Å². The second-order valence-corrected chi connectivity index (χ2v) is 4.61. The zero-order chi connectivity index (χ0) is 11.6. The fourth-order valence-corrected chi connectivity index (χ4v) is 3.13. The number of hydrogen-bond donors (Lipinski definition) is 0. The summed E-state index contributed by atoms with van der Waals surface area (Å²) >= 11 is 0. The van der Waals surface area contributed by atoms with Gasteiger partial charge in [-0.05, 0) is 6.08 Å². The molecule has 4 aliphatic rings. The average molecular weight is 238 g/mol. The van der Waals surface area contributed by atoms with E-state index in [0.29, 0.717) is 13.2 Å². The summed E-state index contributed by atoms with van der Waals surface area (Å²) in [6, 6.07) is 0. The smallest absolute Gasteiger partial charge is 0.321 e. The van der Waals surface area contributed by atoms with E-state index in [1.54, 1.807) is 12.2 Å². The van der Waals surface area contributed by atoms with Gasteiger partial charge in [-0.15, -0.1) is 0 Å². The SMILES string of the molecule is O=C1OC(=O)C2C1C1C=CC2(C2OCCO2)O1. The molecule has 6 heteroatoms. The Labute approximate surface area is 96.5 Å². The molecule has 90 valence electrons. The maximum atomic E-state index is 11.7. The van der Waals surface area contributed by atoms with Crippen molar-refractivity contribution >= 4 is 11.9 Å². The Morgan fingerprint density at radius 1 is 1.18 bits per heavy atom. The first-order valence-electron chi connectivity index (χ1n) is 5.58. The molecule has 4 atom stereocenters. The fourth-order valence-electron chi connectivity index (χ4n) is 3.13. The molecule has 2 bridgehead atoms. The van der Waals surface area contributed by atoms with Crippen molar-refractivity contribution in [1.29, 1.82) is 0 Å². The van der Waals surface area contributed by atoms with Crippen LogP contribution in [0.25, 0.3) is 0 Å². The summed E-state index contributed by atoms with van der Waals surface area (Å²) in [5.74, 6) is -2.21. The molecule has 0 amide bonds. The van der Waals surface area contributed by atoms with Crippen LogP contribution in [0, 0.1) is 11.8 Å². The van der Waals surface area contributed by atoms with Crippen LogP contribution in [0.5, 0.6) is 0 Å². The Morgan fingerprint density at radius 3 is 2.71 bits per heavy atom. The molecule has 0 N–H and O–H groups in total. The summed E-state index contributed by atoms with van der Waals surface area (Å²) in [4.78, 5) is 23.3. The van der Waals surface area contributed by atoms with Gasteiger partial charge in [-0.3, -0.25) is 9.59 Å². The van der Waals surface area contributed by atoms with E-state index >= 15 is 0 Å². The lowest BCUT2D eigenvalue weighted by Crippen LogP contribution is -2.48. The first kappa shape index (κ1) is 9.76. The van der Waals surface area contributed by atoms with Crippen molar-refractivity contribution < 1.29 is 28.5 Å². The molecule has 4 rings (SSSR count). The monoisotopic (exact) mass is 238 g/mol. The molecule has 4 aliphatic heterocycles. The summed E-state index contributed by atoms with van der Waals surface area (Å²) in [7, 11) is 0. The van der Waals surface area contributed by atoms with E-state index < -0.39 is 41.8 Å². The average Bonchev–Trinajstić information content (AvgIpc) is 3.02. The Kier molecular flexibility index (Phi) is 1.69. The molecular weight excluding hydrogens is 228 g/mol. The molecule has 3 saturated heterocycles. The fraction of sp³-hybridized carbons (Fsp3) is 0.636. The van der Waals surface area contributed by atoms with Gasteiger partial charge in [0, 0.05) is 0 Å². The molecule has 0 aliphatic carbocycles. The summed E-state index contributed by atoms with van der Waals surface area (Å²) in [5.41, 5.74) is -0.977. The molecule has 0 spiro atoms. The summed E-state index contributed by atoms with van der Waals surface area (Å²) in [6.07, 6.45) is 2.53. The van der Waals surface area contributed by atoms with Crippen LogP contribution >= 0.6 is 0 Å². The largest absolute Gasteiger partial charge is 0.393 e. The van der Waals surface area contributed by atoms with Gasteiger partial charge in [0.25, 0.3) is 0 Å². The molecule has 6 nitrogen and oxygen atoms in total. The summed E-state index contributed by atoms with van der Waals surface area (Å²) in [6.45, 7) is 0.934. The maximum Gasteiger partial charge on any atom is 0.321 e. The standard InChI is InChI=1S/C11H10O6/c12-8-6-5-1-2-11(17-5,7(6)9(13)16-8)10-14-3-4-15-10/h1-2,5-7,10H,3-4H2. The van der Waals surface area contributed by atoms with E-state index in [0.717, 1.165) is 0 Å². The number of rotatable bonds is 1. The summed E-state index contributed by atoms with van der Waals surface area (Å²) in [5, 5.41) is 0. The number of fused-ring (bicyclic) bond motifs is 5. The normalized spacial score (nSPS) is 47.9. The zero-order valence-corrected chi connectivity index (χ0v) is 8.83. The lowest BCUT2D eigenvalue weighted by molar-refractivity contribution is -0.188. The van der Waals surface area contributed by atoms with Gasteiger partial charge in [0.05, 0.1) is 19.3 Å². The second kappa shape index (κ2) is 2.95. The highest BCUT2D eigenvalue weighted by Crippen LogP contribution is 2.53. The summed E-state index contributed by atoms with van der Waals surface area (Å²) < 4.78 is 21.3. The van der Waals surface area contributed by atoms with Crippen LogP contribution in [0.15, 0.2) is 12.2 Å². The lowest BCUT2D eigenvalue weighted by atomic mass is 9.76. The van der Waals surface area contributed by atoms with Gasteiger partial charge in [-0.25, -0.2) is 0 Å². The lowest BCUT2D eigenvalue weighted by Gasteiger charge is -2.31. The number of carbonyl (C=O) groups excluding carboxylic acids is 2. The van der Waals surface area contributed by atoms with Crippen molar-refractivity contribution in [2.24, 2.45) is 11.8 Å². The van der Waals surface area contributed by atoms with Gasteiger partial charge in [0.1, 0.15) is 11.8 Å². The zero-order valence-electron chi connectivity index (χ0n) is 8.83. The Morgan fingerprint density at radius 2 is 1.94 bits per heavy atom. The van der Waals surface area contributed by atoms with Crippen LogP contribution in [0.4, 0.5) is 0 Å². The van der Waals surface area contributed by atoms with Gasteiger partial charge in [-0.2, -0.15) is 0 Å². The van der Waals surface area contributed by atoms with Crippen molar-refractivity contribution in [2.75, 3.05) is 13.2 Å². The molecule has 0 aromatic heterocycles. The van der Waals surface area contributed by atoms with Crippen LogP contribution in [0.1, 0.15) is 0 Å². The molecule has 0 radical (unpaired) electrons. The van der Waals surface area contributed by atoms with Crippen molar-refractivity contribution in [3.63, 3.8) is 0 Å². The van der Waals surface area contributed by atoms with Crippen LogP contribution in [0.3, 0.4) is 0 Å². The quantitative estimate of drug-likeness (QED) is 0.344. The van der Waals surface area contributed by atoms with Gasteiger partial charge in [0.15, 0.2) is 11.9 Å². The van der Waals surface area contributed by atoms with Gasteiger partial charge < -0.3 is 18.9 Å². The van der Waals surface area contributed by atoms with Gasteiger partial charge in [0.2, 0.25) is 0 Å². The number of cyclic esters (lactones) is 2. The molecule has 0 aromatic rings. The predicted molar refractivity (Wildman–Crippen MR) is 50.5 cm³/mol. The third-order valence-corrected chi connectivity index (χ3v) is 3.80. The van der Waals surface area contributed by atoms with E-state index in [4.69, 9.17) is 14.2 Å². The highest BCUT2D eigenvalue weighted by molar-refractivity contribution is 5.99. The third kappa shape index (κ3) is 1.01. The molecule has 4 heterocycles. The van der Waals surface area contributed by atoms with E-state index in [1.807, 2.05) is 0 Å². The predicted octanol–water partition coefficient (Wildman–Crippen LogP) is -0.618. The topological polar surface area (TPSA) is 71.1 Å². The minimum absolute atomic E-state index is 0.397. The third-order valence-electron chi connectivity index (χ3n) is 3.80. The molecule has 0 saturated carbocycles. The van der Waals surface area contributed by atoms with Gasteiger partial charge >= 0.3 is 11.9 Å². The maximum absolute atomic E-state index is 11.7. The van der Waals surface area contributed by atoms with Crippen molar-refractivity contribution in [1.82, 2.24) is 0 Å². The van der Waals surface area contributed by atoms with Crippen LogP contribution in [0.2, 0.25) is 0 Å². The van der Waals surface area contributed by atoms with Crippen LogP contribution in [-0.4, -0.2) is 43.1 Å². The van der Waals surface area contributed by atoms with Crippen LogP contribution in [-0.2, 0) is 28.5 Å². The van der Waals surface area contributed by atoms with E-state index in [2.05, 4.69) is 4.74 Å². The van der Waals surface area contributed by atoms with E-state index in [9.17, 15) is 9.59 Å². The van der Waals surface area contributed by atoms with Crippen molar-refractivity contribution in [3.05, 3.63) is 12.2 Å². The molecular formula is C11H10O6. The first-order chi connectivity index (χ1) is 8.22. The highest BCUT2D eigenvalue weighted by atomic mass is 16.7. The molecule has 4 unspecified atom stereocenters. The molecule has 17 heavy (non-hydrogen) atoms. The van der Waals surface area contributed by atoms with E-state index in [-0.39, 0.29) is 0 Å².